The van der Waals surface area contributed by atoms with Crippen LogP contribution in [0.4, 0.5) is 5.13 Å². The van der Waals surface area contributed by atoms with Gasteiger partial charge in [0.25, 0.3) is 0 Å². The molecule has 1 N–H and O–H groups in total. The predicted octanol–water partition coefficient (Wildman–Crippen LogP) is 5.03. The van der Waals surface area contributed by atoms with Gasteiger partial charge in [0.05, 0.1) is 35.7 Å². The number of rotatable bonds is 7. The highest BCUT2D eigenvalue weighted by atomic mass is 35.5. The lowest BCUT2D eigenvalue weighted by molar-refractivity contribution is 0.0605. The molecule has 9 heteroatoms. The molecule has 6 nitrogen and oxygen atoms in total. The van der Waals surface area contributed by atoms with E-state index in [1.165, 1.54) is 7.11 Å². The summed E-state index contributed by atoms with van der Waals surface area (Å²) < 4.78 is 10.3. The van der Waals surface area contributed by atoms with E-state index in [4.69, 9.17) is 32.7 Å². The number of nitrogens with one attached hydrogen (secondary N) is 1. The van der Waals surface area contributed by atoms with Crippen molar-refractivity contribution < 1.29 is 14.3 Å². The second kappa shape index (κ2) is 9.21. The fourth-order valence-electron chi connectivity index (χ4n) is 1.93. The standard InChI is InChI=1S/C17H19Cl2N3O3S/c1-9(2)8-25-14-12(18)5-11(6-13(14)19)7-20-22-17-21-10(3)15(26-17)16(23)24-4/h5-7,9H,8H2,1-4H3,(H,21,22)/b20-7-. The van der Waals surface area contributed by atoms with Crippen LogP contribution in [0.1, 0.15) is 34.8 Å². The third kappa shape index (κ3) is 5.33. The number of hydrogen-bond donors (Lipinski definition) is 1. The molecule has 0 spiro atoms. The summed E-state index contributed by atoms with van der Waals surface area (Å²) in [6.45, 7) is 6.34. The Bertz CT molecular complexity index is 799. The van der Waals surface area contributed by atoms with Crippen LogP contribution >= 0.6 is 34.5 Å². The number of carbonyl (C=O) groups excluding carboxylic acids is 1. The smallest absolute Gasteiger partial charge is 0.350 e. The van der Waals surface area contributed by atoms with Crippen molar-refractivity contribution >= 4 is 51.9 Å². The highest BCUT2D eigenvalue weighted by Gasteiger charge is 2.15. The number of esters is 1. The van der Waals surface area contributed by atoms with Gasteiger partial charge in [0.2, 0.25) is 5.13 Å². The minimum absolute atomic E-state index is 0.365. The molecule has 2 aromatic rings. The van der Waals surface area contributed by atoms with Crippen LogP contribution in [0.2, 0.25) is 10.0 Å². The van der Waals surface area contributed by atoms with E-state index >= 15 is 0 Å². The maximum Gasteiger partial charge on any atom is 0.350 e. The number of aromatic nitrogens is 1. The Morgan fingerprint density at radius 2 is 2.04 bits per heavy atom. The molecule has 0 aliphatic rings. The maximum atomic E-state index is 11.6. The molecule has 0 saturated heterocycles. The monoisotopic (exact) mass is 415 g/mol. The number of hydrogen-bond acceptors (Lipinski definition) is 7. The Hall–Kier alpha value is -1.83. The number of hydrazone groups is 1. The van der Waals surface area contributed by atoms with E-state index in [0.29, 0.717) is 49.6 Å². The summed E-state index contributed by atoms with van der Waals surface area (Å²) in [4.78, 5) is 16.2. The van der Waals surface area contributed by atoms with Gasteiger partial charge in [0, 0.05) is 0 Å². The van der Waals surface area contributed by atoms with E-state index in [2.05, 4.69) is 15.5 Å². The van der Waals surface area contributed by atoms with E-state index < -0.39 is 5.97 Å². The number of anilines is 1. The minimum Gasteiger partial charge on any atom is -0.490 e. The van der Waals surface area contributed by atoms with Crippen LogP contribution in [-0.4, -0.2) is 30.9 Å². The molecule has 26 heavy (non-hydrogen) atoms. The molecule has 0 bridgehead atoms. The van der Waals surface area contributed by atoms with Crippen LogP contribution in [0.15, 0.2) is 17.2 Å². The number of thiazole rings is 1. The SMILES string of the molecule is COC(=O)c1sc(N/N=C\c2cc(Cl)c(OCC(C)C)c(Cl)c2)nc1C. The molecule has 140 valence electrons. The fraction of sp³-hybridized carbons (Fsp3) is 0.353. The van der Waals surface area contributed by atoms with Crippen LogP contribution in [0.5, 0.6) is 5.75 Å². The molecule has 0 atom stereocenters. The zero-order valence-electron chi connectivity index (χ0n) is 14.8. The molecule has 0 unspecified atom stereocenters. The van der Waals surface area contributed by atoms with Gasteiger partial charge in [-0.05, 0) is 30.5 Å². The average Bonchev–Trinajstić information content (AvgIpc) is 2.94. The first-order valence-corrected chi connectivity index (χ1v) is 9.35. The van der Waals surface area contributed by atoms with Gasteiger partial charge in [-0.15, -0.1) is 0 Å². The molecule has 1 heterocycles. The Morgan fingerprint density at radius 3 is 2.62 bits per heavy atom. The van der Waals surface area contributed by atoms with Gasteiger partial charge < -0.3 is 9.47 Å². The highest BCUT2D eigenvalue weighted by molar-refractivity contribution is 7.17. The number of carbonyl (C=O) groups is 1. The second-order valence-corrected chi connectivity index (χ2v) is 7.63. The number of methoxy groups -OCH3 is 1. The molecular formula is C17H19Cl2N3O3S. The van der Waals surface area contributed by atoms with E-state index in [0.717, 1.165) is 11.3 Å². The van der Waals surface area contributed by atoms with E-state index in [9.17, 15) is 4.79 Å². The lowest BCUT2D eigenvalue weighted by Crippen LogP contribution is -2.05. The molecule has 0 aliphatic heterocycles. The summed E-state index contributed by atoms with van der Waals surface area (Å²) >= 11 is 13.6. The Balaban J connectivity index is 2.08. The van der Waals surface area contributed by atoms with Crippen LogP contribution in [0.25, 0.3) is 0 Å². The fourth-order valence-corrected chi connectivity index (χ4v) is 3.38. The van der Waals surface area contributed by atoms with Crippen LogP contribution in [-0.2, 0) is 4.74 Å². The van der Waals surface area contributed by atoms with Crippen molar-refractivity contribution in [1.82, 2.24) is 4.98 Å². The second-order valence-electron chi connectivity index (χ2n) is 5.81. The third-order valence-corrected chi connectivity index (χ3v) is 4.73. The molecule has 2 rings (SSSR count). The van der Waals surface area contributed by atoms with Crippen LogP contribution in [0.3, 0.4) is 0 Å². The summed E-state index contributed by atoms with van der Waals surface area (Å²) in [5.41, 5.74) is 4.06. The molecule has 0 saturated carbocycles. The molecule has 0 aliphatic carbocycles. The van der Waals surface area contributed by atoms with Gasteiger partial charge in [-0.25, -0.2) is 9.78 Å². The average molecular weight is 416 g/mol. The van der Waals surface area contributed by atoms with Gasteiger partial charge in [0.1, 0.15) is 4.88 Å². The van der Waals surface area contributed by atoms with Crippen molar-refractivity contribution in [2.24, 2.45) is 11.0 Å². The van der Waals surface area contributed by atoms with Crippen molar-refractivity contribution in [3.63, 3.8) is 0 Å². The first-order chi connectivity index (χ1) is 12.3. The predicted molar refractivity (Wildman–Crippen MR) is 106 cm³/mol. The van der Waals surface area contributed by atoms with Crippen molar-refractivity contribution in [1.29, 1.82) is 0 Å². The zero-order valence-corrected chi connectivity index (χ0v) is 17.1. The van der Waals surface area contributed by atoms with Gasteiger partial charge in [0.15, 0.2) is 5.75 Å². The lowest BCUT2D eigenvalue weighted by atomic mass is 10.2. The third-order valence-electron chi connectivity index (χ3n) is 3.12. The van der Waals surface area contributed by atoms with E-state index in [-0.39, 0.29) is 0 Å². The van der Waals surface area contributed by atoms with Gasteiger partial charge in [-0.3, -0.25) is 5.43 Å². The summed E-state index contributed by atoms with van der Waals surface area (Å²) in [6.07, 6.45) is 1.55. The number of ether oxygens (including phenoxy) is 2. The lowest BCUT2D eigenvalue weighted by Gasteiger charge is -2.12. The summed E-state index contributed by atoms with van der Waals surface area (Å²) in [7, 11) is 1.33. The molecule has 0 fully saturated rings. The summed E-state index contributed by atoms with van der Waals surface area (Å²) in [5, 5.41) is 5.41. The number of aryl methyl sites for hydroxylation is 1. The van der Waals surface area contributed by atoms with E-state index in [1.54, 1.807) is 25.3 Å². The van der Waals surface area contributed by atoms with Crippen molar-refractivity contribution in [2.75, 3.05) is 19.1 Å². The molecule has 0 radical (unpaired) electrons. The molecule has 1 aromatic carbocycles. The molecule has 1 aromatic heterocycles. The Labute approximate surface area is 166 Å². The van der Waals surface area contributed by atoms with Crippen molar-refractivity contribution in [3.8, 4) is 5.75 Å². The number of benzene rings is 1. The maximum absolute atomic E-state index is 11.6. The van der Waals surface area contributed by atoms with Gasteiger partial charge in [-0.1, -0.05) is 48.4 Å². The quantitative estimate of drug-likeness (QED) is 0.390. The van der Waals surface area contributed by atoms with E-state index in [1.807, 2.05) is 13.8 Å². The van der Waals surface area contributed by atoms with Crippen LogP contribution in [0, 0.1) is 12.8 Å². The number of nitrogens with zero attached hydrogens (tertiary/aromatic N) is 2. The van der Waals surface area contributed by atoms with Crippen molar-refractivity contribution in [2.45, 2.75) is 20.8 Å². The molecule has 0 amide bonds. The summed E-state index contributed by atoms with van der Waals surface area (Å²) in [6, 6.07) is 3.42. The largest absolute Gasteiger partial charge is 0.490 e. The minimum atomic E-state index is -0.424. The van der Waals surface area contributed by atoms with Crippen molar-refractivity contribution in [3.05, 3.63) is 38.3 Å². The number of halogens is 2. The first kappa shape index (κ1) is 20.5. The van der Waals surface area contributed by atoms with Gasteiger partial charge in [-0.2, -0.15) is 5.10 Å². The zero-order chi connectivity index (χ0) is 19.3. The van der Waals surface area contributed by atoms with Crippen LogP contribution < -0.4 is 10.2 Å². The topological polar surface area (TPSA) is 72.8 Å². The Kier molecular flexibility index (Phi) is 7.25. The van der Waals surface area contributed by atoms with Gasteiger partial charge >= 0.3 is 5.97 Å². The normalized spacial score (nSPS) is 11.2. The Morgan fingerprint density at radius 1 is 1.38 bits per heavy atom. The highest BCUT2D eigenvalue weighted by Crippen LogP contribution is 2.34. The summed E-state index contributed by atoms with van der Waals surface area (Å²) in [5.74, 6) is 0.405. The molecular weight excluding hydrogens is 397 g/mol. The first-order valence-electron chi connectivity index (χ1n) is 7.78.